The van der Waals surface area contributed by atoms with Gasteiger partial charge in [-0.05, 0) is 31.5 Å². The topological polar surface area (TPSA) is 34.9 Å². The Labute approximate surface area is 101 Å². The van der Waals surface area contributed by atoms with E-state index in [2.05, 4.69) is 11.2 Å². The van der Waals surface area contributed by atoms with E-state index >= 15 is 0 Å². The molecular formula is C14H16N2O. The van der Waals surface area contributed by atoms with Crippen LogP contribution < -0.4 is 0 Å². The number of aromatic nitrogens is 2. The Morgan fingerprint density at radius 1 is 1.24 bits per heavy atom. The molecular weight excluding hydrogens is 212 g/mol. The van der Waals surface area contributed by atoms with Gasteiger partial charge in [-0.15, -0.1) is 0 Å². The Hall–Kier alpha value is -1.90. The normalized spacial score (nSPS) is 10.5. The van der Waals surface area contributed by atoms with E-state index in [1.165, 1.54) is 0 Å². The summed E-state index contributed by atoms with van der Waals surface area (Å²) in [4.78, 5) is 12.1. The number of Topliss-reactive ketones (excluding diaryl/α,β-unsaturated/α-hetero) is 1. The summed E-state index contributed by atoms with van der Waals surface area (Å²) in [5.41, 5.74) is 3.99. The van der Waals surface area contributed by atoms with Crippen LogP contribution in [0.3, 0.4) is 0 Å². The lowest BCUT2D eigenvalue weighted by Crippen LogP contribution is -2.03. The van der Waals surface area contributed by atoms with Crippen LogP contribution in [-0.4, -0.2) is 15.6 Å². The van der Waals surface area contributed by atoms with E-state index in [-0.39, 0.29) is 5.78 Å². The first-order valence-corrected chi connectivity index (χ1v) is 5.63. The first kappa shape index (κ1) is 11.6. The zero-order chi connectivity index (χ0) is 12.4. The van der Waals surface area contributed by atoms with Crippen LogP contribution in [0.1, 0.15) is 27.0 Å². The Kier molecular flexibility index (Phi) is 3.09. The van der Waals surface area contributed by atoms with Gasteiger partial charge in [0.2, 0.25) is 0 Å². The van der Waals surface area contributed by atoms with Crippen molar-refractivity contribution < 1.29 is 4.79 Å². The fourth-order valence-electron chi connectivity index (χ4n) is 1.99. The second-order valence-corrected chi connectivity index (χ2v) is 4.50. The second-order valence-electron chi connectivity index (χ2n) is 4.50. The van der Waals surface area contributed by atoms with Crippen LogP contribution in [0.25, 0.3) is 0 Å². The van der Waals surface area contributed by atoms with Gasteiger partial charge in [0.15, 0.2) is 5.78 Å². The fraction of sp³-hybridized carbons (Fsp3) is 0.286. The first-order chi connectivity index (χ1) is 8.04. The minimum Gasteiger partial charge on any atom is -0.294 e. The Morgan fingerprint density at radius 2 is 1.88 bits per heavy atom. The summed E-state index contributed by atoms with van der Waals surface area (Å²) in [5, 5.41) is 4.06. The highest BCUT2D eigenvalue weighted by atomic mass is 16.1. The monoisotopic (exact) mass is 228 g/mol. The molecule has 2 aromatic rings. The average molecular weight is 228 g/mol. The summed E-state index contributed by atoms with van der Waals surface area (Å²) in [5.74, 6) is 0.143. The number of aryl methyl sites for hydroxylation is 3. The van der Waals surface area contributed by atoms with E-state index in [1.807, 2.05) is 39.2 Å². The van der Waals surface area contributed by atoms with Crippen molar-refractivity contribution in [3.05, 3.63) is 52.8 Å². The number of nitrogens with zero attached hydrogens (tertiary/aromatic N) is 2. The van der Waals surface area contributed by atoms with Crippen molar-refractivity contribution in [3.63, 3.8) is 0 Å². The lowest BCUT2D eigenvalue weighted by molar-refractivity contribution is 0.0993. The molecule has 0 saturated carbocycles. The molecule has 1 aromatic carbocycles. The Balaban J connectivity index is 2.19. The lowest BCUT2D eigenvalue weighted by atomic mass is 10.0. The molecule has 17 heavy (non-hydrogen) atoms. The molecule has 0 N–H and O–H groups in total. The lowest BCUT2D eigenvalue weighted by Gasteiger charge is -2.03. The number of hydrogen-bond acceptors (Lipinski definition) is 2. The van der Waals surface area contributed by atoms with Gasteiger partial charge < -0.3 is 0 Å². The Bertz CT molecular complexity index is 535. The predicted molar refractivity (Wildman–Crippen MR) is 67.2 cm³/mol. The molecule has 2 rings (SSSR count). The molecule has 0 atom stereocenters. The van der Waals surface area contributed by atoms with Gasteiger partial charge in [0.25, 0.3) is 0 Å². The van der Waals surface area contributed by atoms with Crippen LogP contribution in [0.5, 0.6) is 0 Å². The average Bonchev–Trinajstić information content (AvgIpc) is 2.62. The molecule has 0 saturated heterocycles. The maximum atomic E-state index is 12.1. The van der Waals surface area contributed by atoms with Crippen molar-refractivity contribution in [2.45, 2.75) is 20.3 Å². The number of ketones is 1. The third-order valence-corrected chi connectivity index (χ3v) is 2.67. The van der Waals surface area contributed by atoms with E-state index in [9.17, 15) is 4.79 Å². The van der Waals surface area contributed by atoms with Gasteiger partial charge in [0.05, 0.1) is 6.20 Å². The molecule has 0 spiro atoms. The molecule has 0 radical (unpaired) electrons. The van der Waals surface area contributed by atoms with Crippen molar-refractivity contribution in [3.8, 4) is 0 Å². The highest BCUT2D eigenvalue weighted by molar-refractivity contribution is 5.97. The molecule has 0 fully saturated rings. The van der Waals surface area contributed by atoms with Crippen molar-refractivity contribution in [1.29, 1.82) is 0 Å². The maximum absolute atomic E-state index is 12.1. The van der Waals surface area contributed by atoms with E-state index in [1.54, 1.807) is 10.9 Å². The minimum atomic E-state index is 0.143. The number of benzene rings is 1. The van der Waals surface area contributed by atoms with Gasteiger partial charge in [0, 0.05) is 25.2 Å². The van der Waals surface area contributed by atoms with Crippen molar-refractivity contribution in [2.75, 3.05) is 0 Å². The third kappa shape index (κ3) is 2.81. The molecule has 88 valence electrons. The van der Waals surface area contributed by atoms with Crippen molar-refractivity contribution >= 4 is 5.78 Å². The SMILES string of the molecule is Cc1cc(C)cc(C(=O)Cc2cnn(C)c2)c1. The zero-order valence-electron chi connectivity index (χ0n) is 10.4. The van der Waals surface area contributed by atoms with Crippen LogP contribution in [-0.2, 0) is 13.5 Å². The fourth-order valence-corrected chi connectivity index (χ4v) is 1.99. The summed E-state index contributed by atoms with van der Waals surface area (Å²) < 4.78 is 1.71. The standard InChI is InChI=1S/C14H16N2O/c1-10-4-11(2)6-13(5-10)14(17)7-12-8-15-16(3)9-12/h4-6,8-9H,7H2,1-3H3. The van der Waals surface area contributed by atoms with E-state index in [0.717, 1.165) is 22.3 Å². The maximum Gasteiger partial charge on any atom is 0.167 e. The highest BCUT2D eigenvalue weighted by Gasteiger charge is 2.09. The minimum absolute atomic E-state index is 0.143. The molecule has 0 amide bonds. The molecule has 1 heterocycles. The summed E-state index contributed by atoms with van der Waals surface area (Å²) in [6.45, 7) is 4.02. The van der Waals surface area contributed by atoms with Gasteiger partial charge in [0.1, 0.15) is 0 Å². The smallest absolute Gasteiger partial charge is 0.167 e. The quantitative estimate of drug-likeness (QED) is 0.756. The Morgan fingerprint density at radius 3 is 2.41 bits per heavy atom. The van der Waals surface area contributed by atoms with E-state index < -0.39 is 0 Å². The zero-order valence-corrected chi connectivity index (χ0v) is 10.4. The van der Waals surface area contributed by atoms with Crippen LogP contribution in [0.2, 0.25) is 0 Å². The van der Waals surface area contributed by atoms with E-state index in [4.69, 9.17) is 0 Å². The number of rotatable bonds is 3. The summed E-state index contributed by atoms with van der Waals surface area (Å²) in [6.07, 6.45) is 4.03. The molecule has 0 bridgehead atoms. The molecule has 0 aliphatic rings. The van der Waals surface area contributed by atoms with Gasteiger partial charge in [-0.25, -0.2) is 0 Å². The van der Waals surface area contributed by atoms with Crippen LogP contribution in [0.15, 0.2) is 30.6 Å². The summed E-state index contributed by atoms with van der Waals surface area (Å²) in [6, 6.07) is 5.94. The largest absolute Gasteiger partial charge is 0.294 e. The summed E-state index contributed by atoms with van der Waals surface area (Å²) in [7, 11) is 1.85. The molecule has 3 nitrogen and oxygen atoms in total. The third-order valence-electron chi connectivity index (χ3n) is 2.67. The molecule has 1 aromatic heterocycles. The molecule has 3 heteroatoms. The van der Waals surface area contributed by atoms with Crippen LogP contribution in [0.4, 0.5) is 0 Å². The van der Waals surface area contributed by atoms with Gasteiger partial charge in [-0.3, -0.25) is 9.48 Å². The summed E-state index contributed by atoms with van der Waals surface area (Å²) >= 11 is 0. The highest BCUT2D eigenvalue weighted by Crippen LogP contribution is 2.12. The van der Waals surface area contributed by atoms with E-state index in [0.29, 0.717) is 6.42 Å². The van der Waals surface area contributed by atoms with Crippen molar-refractivity contribution in [2.24, 2.45) is 7.05 Å². The number of hydrogen-bond donors (Lipinski definition) is 0. The second kappa shape index (κ2) is 4.53. The number of carbonyl (C=O) groups is 1. The van der Waals surface area contributed by atoms with Crippen LogP contribution >= 0.6 is 0 Å². The van der Waals surface area contributed by atoms with Gasteiger partial charge in [-0.1, -0.05) is 17.2 Å². The first-order valence-electron chi connectivity index (χ1n) is 5.63. The molecule has 0 unspecified atom stereocenters. The van der Waals surface area contributed by atoms with Gasteiger partial charge in [-0.2, -0.15) is 5.10 Å². The molecule has 0 aliphatic heterocycles. The molecule has 0 aliphatic carbocycles. The van der Waals surface area contributed by atoms with Gasteiger partial charge >= 0.3 is 0 Å². The number of carbonyl (C=O) groups excluding carboxylic acids is 1. The van der Waals surface area contributed by atoms with Crippen LogP contribution in [0, 0.1) is 13.8 Å². The van der Waals surface area contributed by atoms with Crippen molar-refractivity contribution in [1.82, 2.24) is 9.78 Å². The predicted octanol–water partition coefficient (Wildman–Crippen LogP) is 2.46.